The number of benzene rings is 8. The highest BCUT2D eigenvalue weighted by molar-refractivity contribution is 6.18. The Labute approximate surface area is 358 Å². The highest BCUT2D eigenvalue weighted by Crippen LogP contribution is 2.41. The predicted octanol–water partition coefficient (Wildman–Crippen LogP) is 13.3. The van der Waals surface area contributed by atoms with E-state index in [1.807, 2.05) is 60.7 Å². The van der Waals surface area contributed by atoms with Crippen LogP contribution in [-0.2, 0) is 0 Å². The van der Waals surface area contributed by atoms with Crippen LogP contribution in [0.1, 0.15) is 17.8 Å². The van der Waals surface area contributed by atoms with E-state index < -0.39 is 0 Å². The van der Waals surface area contributed by atoms with Crippen LogP contribution in [0.3, 0.4) is 0 Å². The third-order valence-electron chi connectivity index (χ3n) is 12.1. The second kappa shape index (κ2) is 14.8. The average Bonchev–Trinajstić information content (AvgIpc) is 3.88. The SMILES string of the molecule is C1=C(c2cccc3c2c2ccccc2n3-c2ccc(-c3cccc4c3c3ccccc3n4-c3ccccc3)cc2)CCN=C1c1nc(-c2ccccc2)nc(-c2ccccc2)n1. The molecule has 11 aromatic rings. The number of aromatic nitrogens is 5. The Hall–Kier alpha value is -8.22. The van der Waals surface area contributed by atoms with E-state index in [1.54, 1.807) is 0 Å². The fourth-order valence-corrected chi connectivity index (χ4v) is 9.32. The molecule has 6 heteroatoms. The van der Waals surface area contributed by atoms with Crippen LogP contribution in [-0.4, -0.2) is 36.3 Å². The molecular formula is C56H38N6. The Morgan fingerprint density at radius 1 is 0.355 bits per heavy atom. The number of fused-ring (bicyclic) bond motifs is 6. The lowest BCUT2D eigenvalue weighted by molar-refractivity contribution is 0.988. The van der Waals surface area contributed by atoms with Gasteiger partial charge in [0.05, 0.1) is 22.1 Å². The molecule has 292 valence electrons. The molecule has 62 heavy (non-hydrogen) atoms. The summed E-state index contributed by atoms with van der Waals surface area (Å²) in [5, 5.41) is 4.94. The zero-order chi connectivity index (χ0) is 41.0. The van der Waals surface area contributed by atoms with Crippen molar-refractivity contribution in [3.05, 3.63) is 218 Å². The molecule has 0 spiro atoms. The summed E-state index contributed by atoms with van der Waals surface area (Å²) >= 11 is 0. The van der Waals surface area contributed by atoms with Crippen molar-refractivity contribution in [1.82, 2.24) is 24.1 Å². The molecule has 0 amide bonds. The van der Waals surface area contributed by atoms with Gasteiger partial charge >= 0.3 is 0 Å². The molecule has 0 bridgehead atoms. The second-order valence-corrected chi connectivity index (χ2v) is 15.7. The lowest BCUT2D eigenvalue weighted by atomic mass is 9.94. The number of aliphatic imine (C=N–C) groups is 1. The van der Waals surface area contributed by atoms with Crippen molar-refractivity contribution >= 4 is 54.9 Å². The maximum atomic E-state index is 5.01. The zero-order valence-electron chi connectivity index (χ0n) is 33.7. The van der Waals surface area contributed by atoms with Crippen molar-refractivity contribution in [2.75, 3.05) is 6.54 Å². The molecule has 0 saturated heterocycles. The van der Waals surface area contributed by atoms with Crippen molar-refractivity contribution in [2.45, 2.75) is 6.42 Å². The Morgan fingerprint density at radius 2 is 0.823 bits per heavy atom. The van der Waals surface area contributed by atoms with Crippen LogP contribution < -0.4 is 0 Å². The van der Waals surface area contributed by atoms with Crippen LogP contribution in [0, 0.1) is 0 Å². The van der Waals surface area contributed by atoms with Crippen molar-refractivity contribution in [3.63, 3.8) is 0 Å². The first kappa shape index (κ1) is 35.7. The number of rotatable bonds is 7. The van der Waals surface area contributed by atoms with E-state index in [0.717, 1.165) is 40.2 Å². The molecule has 0 aliphatic carbocycles. The lowest BCUT2D eigenvalue weighted by Crippen LogP contribution is -2.12. The molecule has 0 saturated carbocycles. The van der Waals surface area contributed by atoms with E-state index in [-0.39, 0.29) is 0 Å². The maximum Gasteiger partial charge on any atom is 0.181 e. The summed E-state index contributed by atoms with van der Waals surface area (Å²) in [5.74, 6) is 1.83. The van der Waals surface area contributed by atoms with Gasteiger partial charge in [0.15, 0.2) is 17.5 Å². The maximum absolute atomic E-state index is 5.01. The van der Waals surface area contributed by atoms with Crippen LogP contribution in [0.4, 0.5) is 0 Å². The van der Waals surface area contributed by atoms with Crippen molar-refractivity contribution in [2.24, 2.45) is 4.99 Å². The van der Waals surface area contributed by atoms with Gasteiger partial charge < -0.3 is 9.13 Å². The first-order valence-electron chi connectivity index (χ1n) is 21.1. The third kappa shape index (κ3) is 5.95. The normalized spacial score (nSPS) is 12.9. The van der Waals surface area contributed by atoms with Gasteiger partial charge in [-0.3, -0.25) is 4.99 Å². The van der Waals surface area contributed by atoms with Gasteiger partial charge in [0.1, 0.15) is 5.71 Å². The molecule has 4 heterocycles. The molecule has 0 fully saturated rings. The van der Waals surface area contributed by atoms with Crippen LogP contribution in [0.15, 0.2) is 211 Å². The van der Waals surface area contributed by atoms with Gasteiger partial charge in [0, 0.05) is 50.6 Å². The number of nitrogens with zero attached hydrogens (tertiary/aromatic N) is 6. The molecule has 6 nitrogen and oxygen atoms in total. The van der Waals surface area contributed by atoms with Crippen LogP contribution >= 0.6 is 0 Å². The molecule has 1 aliphatic rings. The average molecular weight is 795 g/mol. The molecule has 0 atom stereocenters. The van der Waals surface area contributed by atoms with Gasteiger partial charge in [0.25, 0.3) is 0 Å². The number of hydrogen-bond acceptors (Lipinski definition) is 4. The first-order chi connectivity index (χ1) is 30.8. The lowest BCUT2D eigenvalue weighted by Gasteiger charge is -2.16. The number of allylic oxidation sites excluding steroid dienone is 1. The second-order valence-electron chi connectivity index (χ2n) is 15.7. The Morgan fingerprint density at radius 3 is 1.42 bits per heavy atom. The van der Waals surface area contributed by atoms with Crippen LogP contribution in [0.25, 0.3) is 94.5 Å². The van der Waals surface area contributed by atoms with Crippen molar-refractivity contribution < 1.29 is 0 Å². The smallest absolute Gasteiger partial charge is 0.181 e. The first-order valence-corrected chi connectivity index (χ1v) is 21.1. The van der Waals surface area contributed by atoms with E-state index in [4.69, 9.17) is 19.9 Å². The highest BCUT2D eigenvalue weighted by Gasteiger charge is 2.22. The van der Waals surface area contributed by atoms with E-state index in [2.05, 4.69) is 155 Å². The van der Waals surface area contributed by atoms with Gasteiger partial charge in [-0.15, -0.1) is 0 Å². The monoisotopic (exact) mass is 794 g/mol. The molecule has 1 aliphatic heterocycles. The predicted molar refractivity (Wildman–Crippen MR) is 255 cm³/mol. The molecule has 8 aromatic carbocycles. The largest absolute Gasteiger partial charge is 0.309 e. The Balaban J connectivity index is 0.963. The quantitative estimate of drug-likeness (QED) is 0.161. The Kier molecular flexibility index (Phi) is 8.52. The fraction of sp³-hybridized carbons (Fsp3) is 0.0357. The summed E-state index contributed by atoms with van der Waals surface area (Å²) in [4.78, 5) is 19.9. The summed E-state index contributed by atoms with van der Waals surface area (Å²) in [6.07, 6.45) is 3.00. The standard InChI is InChI=1S/C56H38N6/c1-4-16-38(17-5-1)54-58-55(39-18-6-2-7-19-39)60-56(59-54)47-36-40(34-35-57-47)44-25-15-29-51-53(44)46-23-11-13-27-49(46)62(51)42-32-30-37(31-33-42)43-24-14-28-50-52(43)45-22-10-12-26-48(45)61(50)41-20-8-3-9-21-41/h1-33,36H,34-35H2. The topological polar surface area (TPSA) is 60.9 Å². The molecule has 0 N–H and O–H groups in total. The molecular weight excluding hydrogens is 757 g/mol. The minimum absolute atomic E-state index is 0.574. The van der Waals surface area contributed by atoms with Crippen molar-refractivity contribution in [3.8, 4) is 45.3 Å². The third-order valence-corrected chi connectivity index (χ3v) is 12.1. The van der Waals surface area contributed by atoms with E-state index in [9.17, 15) is 0 Å². The fourth-order valence-electron chi connectivity index (χ4n) is 9.32. The van der Waals surface area contributed by atoms with E-state index in [1.165, 1.54) is 60.4 Å². The molecule has 12 rings (SSSR count). The van der Waals surface area contributed by atoms with Gasteiger partial charge in [-0.1, -0.05) is 152 Å². The van der Waals surface area contributed by atoms with Gasteiger partial charge in [-0.2, -0.15) is 0 Å². The highest BCUT2D eigenvalue weighted by atomic mass is 15.0. The number of para-hydroxylation sites is 3. The minimum Gasteiger partial charge on any atom is -0.309 e. The molecule has 0 radical (unpaired) electrons. The van der Waals surface area contributed by atoms with Gasteiger partial charge in [-0.05, 0) is 83.3 Å². The van der Waals surface area contributed by atoms with Crippen molar-refractivity contribution in [1.29, 1.82) is 0 Å². The summed E-state index contributed by atoms with van der Waals surface area (Å²) in [6.45, 7) is 0.640. The summed E-state index contributed by atoms with van der Waals surface area (Å²) in [7, 11) is 0. The summed E-state index contributed by atoms with van der Waals surface area (Å²) in [5.41, 5.74) is 14.4. The number of hydrogen-bond donors (Lipinski definition) is 0. The molecule has 0 unspecified atom stereocenters. The zero-order valence-corrected chi connectivity index (χ0v) is 33.7. The Bertz CT molecular complexity index is 3490. The van der Waals surface area contributed by atoms with E-state index in [0.29, 0.717) is 24.0 Å². The van der Waals surface area contributed by atoms with Gasteiger partial charge in [0.2, 0.25) is 0 Å². The van der Waals surface area contributed by atoms with Crippen LogP contribution in [0.5, 0.6) is 0 Å². The van der Waals surface area contributed by atoms with Gasteiger partial charge in [-0.25, -0.2) is 15.0 Å². The van der Waals surface area contributed by atoms with E-state index >= 15 is 0 Å². The van der Waals surface area contributed by atoms with Crippen LogP contribution in [0.2, 0.25) is 0 Å². The number of dihydropyridines is 1. The molecule has 3 aromatic heterocycles. The summed E-state index contributed by atoms with van der Waals surface area (Å²) in [6, 6.07) is 70.8. The minimum atomic E-state index is 0.574. The summed E-state index contributed by atoms with van der Waals surface area (Å²) < 4.78 is 4.78.